The van der Waals surface area contributed by atoms with Gasteiger partial charge < -0.3 is 20.3 Å². The second-order valence-corrected chi connectivity index (χ2v) is 7.22. The number of nitrogens with one attached hydrogen (secondary N) is 2. The Kier molecular flexibility index (Phi) is 7.78. The van der Waals surface area contributed by atoms with Gasteiger partial charge in [-0.15, -0.1) is 11.3 Å². The van der Waals surface area contributed by atoms with Gasteiger partial charge in [0.05, 0.1) is 6.54 Å². The van der Waals surface area contributed by atoms with E-state index >= 15 is 0 Å². The minimum atomic E-state index is 0.498. The Morgan fingerprint density at radius 2 is 2.26 bits per heavy atom. The molecule has 1 aromatic heterocycles. The number of hydrogen-bond acceptors (Lipinski definition) is 5. The molecule has 0 spiro atoms. The van der Waals surface area contributed by atoms with E-state index in [0.717, 1.165) is 63.0 Å². The number of nitrogens with zero attached hydrogens (tertiary/aromatic N) is 3. The number of aromatic nitrogens is 1. The molecular weight excluding hydrogens is 310 g/mol. The van der Waals surface area contributed by atoms with Gasteiger partial charge in [-0.3, -0.25) is 4.99 Å². The lowest BCUT2D eigenvalue weighted by Gasteiger charge is -2.33. The van der Waals surface area contributed by atoms with Gasteiger partial charge in [-0.1, -0.05) is 0 Å². The fourth-order valence-corrected chi connectivity index (χ4v) is 3.49. The molecule has 1 aromatic rings. The Hall–Kier alpha value is -1.18. The number of hydrogen-bond donors (Lipinski definition) is 2. The number of aliphatic imine (C=N–C) groups is 1. The number of guanidine groups is 1. The summed E-state index contributed by atoms with van der Waals surface area (Å²) in [6, 6.07) is 0.498. The Bertz CT molecular complexity index is 483. The Morgan fingerprint density at radius 1 is 1.48 bits per heavy atom. The van der Waals surface area contributed by atoms with Crippen molar-refractivity contribution in [2.45, 2.75) is 38.8 Å². The van der Waals surface area contributed by atoms with Crippen molar-refractivity contribution in [2.75, 3.05) is 40.4 Å². The molecule has 23 heavy (non-hydrogen) atoms. The molecule has 0 amide bonds. The number of rotatable bonds is 7. The van der Waals surface area contributed by atoms with E-state index in [1.807, 2.05) is 13.2 Å². The summed E-state index contributed by atoms with van der Waals surface area (Å²) in [5, 5.41) is 7.99. The molecule has 2 rings (SSSR count). The minimum Gasteiger partial charge on any atom is -0.385 e. The third kappa shape index (κ3) is 6.45. The SMILES string of the molecule is CN=C(NCc1ncc(C)s1)NC1CCN(CCCOC)CC1. The summed E-state index contributed by atoms with van der Waals surface area (Å²) in [6.07, 6.45) is 5.34. The zero-order valence-corrected chi connectivity index (χ0v) is 15.3. The van der Waals surface area contributed by atoms with Crippen molar-refractivity contribution in [2.24, 2.45) is 4.99 Å². The maximum absolute atomic E-state index is 5.12. The Labute approximate surface area is 143 Å². The first-order valence-electron chi connectivity index (χ1n) is 8.31. The van der Waals surface area contributed by atoms with Crippen LogP contribution in [0.25, 0.3) is 0 Å². The van der Waals surface area contributed by atoms with E-state index in [-0.39, 0.29) is 0 Å². The number of likely N-dealkylation sites (tertiary alicyclic amines) is 1. The minimum absolute atomic E-state index is 0.498. The van der Waals surface area contributed by atoms with Crippen LogP contribution >= 0.6 is 11.3 Å². The fraction of sp³-hybridized carbons (Fsp3) is 0.750. The Balaban J connectivity index is 1.67. The van der Waals surface area contributed by atoms with Gasteiger partial charge in [0.15, 0.2) is 5.96 Å². The van der Waals surface area contributed by atoms with Crippen LogP contribution in [0.2, 0.25) is 0 Å². The van der Waals surface area contributed by atoms with Gasteiger partial charge in [-0.05, 0) is 26.2 Å². The Morgan fingerprint density at radius 3 is 2.87 bits per heavy atom. The van der Waals surface area contributed by atoms with Crippen molar-refractivity contribution in [3.8, 4) is 0 Å². The molecule has 0 saturated carbocycles. The predicted octanol–water partition coefficient (Wildman–Crippen LogP) is 1.62. The summed E-state index contributed by atoms with van der Waals surface area (Å²) in [7, 11) is 3.59. The predicted molar refractivity (Wildman–Crippen MR) is 96.1 cm³/mol. The van der Waals surface area contributed by atoms with Crippen LogP contribution < -0.4 is 10.6 Å². The molecule has 1 saturated heterocycles. The molecule has 2 heterocycles. The van der Waals surface area contributed by atoms with Crippen molar-refractivity contribution in [1.29, 1.82) is 0 Å². The topological polar surface area (TPSA) is 61.8 Å². The van der Waals surface area contributed by atoms with Crippen molar-refractivity contribution in [3.63, 3.8) is 0 Å². The number of piperidine rings is 1. The molecule has 1 aliphatic heterocycles. The summed E-state index contributed by atoms with van der Waals surface area (Å²) >= 11 is 1.72. The second kappa shape index (κ2) is 9.85. The van der Waals surface area contributed by atoms with Gasteiger partial charge in [-0.25, -0.2) is 4.98 Å². The number of aryl methyl sites for hydroxylation is 1. The monoisotopic (exact) mass is 339 g/mol. The van der Waals surface area contributed by atoms with Gasteiger partial charge in [0.2, 0.25) is 0 Å². The summed E-state index contributed by atoms with van der Waals surface area (Å²) in [4.78, 5) is 12.5. The van der Waals surface area contributed by atoms with Crippen LogP contribution in [-0.4, -0.2) is 62.3 Å². The molecule has 0 aliphatic carbocycles. The second-order valence-electron chi connectivity index (χ2n) is 5.90. The molecule has 6 nitrogen and oxygen atoms in total. The van der Waals surface area contributed by atoms with E-state index in [9.17, 15) is 0 Å². The molecule has 0 aromatic carbocycles. The lowest BCUT2D eigenvalue weighted by atomic mass is 10.1. The third-order valence-corrected chi connectivity index (χ3v) is 4.96. The molecule has 7 heteroatoms. The highest BCUT2D eigenvalue weighted by Gasteiger charge is 2.19. The number of ether oxygens (including phenoxy) is 1. The smallest absolute Gasteiger partial charge is 0.191 e. The molecule has 130 valence electrons. The molecule has 0 atom stereocenters. The maximum atomic E-state index is 5.12. The zero-order valence-electron chi connectivity index (χ0n) is 14.5. The molecule has 0 unspecified atom stereocenters. The first kappa shape index (κ1) is 18.2. The van der Waals surface area contributed by atoms with Crippen LogP contribution in [0.4, 0.5) is 0 Å². The van der Waals surface area contributed by atoms with E-state index in [0.29, 0.717) is 6.04 Å². The quantitative estimate of drug-likeness (QED) is 0.449. The average Bonchev–Trinajstić information content (AvgIpc) is 2.98. The van der Waals surface area contributed by atoms with E-state index in [1.54, 1.807) is 18.4 Å². The fourth-order valence-electron chi connectivity index (χ4n) is 2.76. The number of methoxy groups -OCH3 is 1. The lowest BCUT2D eigenvalue weighted by Crippen LogP contribution is -2.48. The van der Waals surface area contributed by atoms with Crippen LogP contribution in [-0.2, 0) is 11.3 Å². The van der Waals surface area contributed by atoms with Crippen molar-refractivity contribution < 1.29 is 4.74 Å². The van der Waals surface area contributed by atoms with Crippen molar-refractivity contribution in [3.05, 3.63) is 16.1 Å². The van der Waals surface area contributed by atoms with E-state index in [4.69, 9.17) is 4.74 Å². The molecule has 2 N–H and O–H groups in total. The summed E-state index contributed by atoms with van der Waals surface area (Å²) < 4.78 is 5.12. The standard InChI is InChI=1S/C16H29N5OS/c1-13-11-18-15(23-13)12-19-16(17-2)20-14-5-8-21(9-6-14)7-4-10-22-3/h11,14H,4-10,12H2,1-3H3,(H2,17,19,20). The molecular formula is C16H29N5OS. The average molecular weight is 340 g/mol. The lowest BCUT2D eigenvalue weighted by molar-refractivity contribution is 0.155. The highest BCUT2D eigenvalue weighted by molar-refractivity contribution is 7.11. The van der Waals surface area contributed by atoms with E-state index < -0.39 is 0 Å². The highest BCUT2D eigenvalue weighted by Crippen LogP contribution is 2.12. The van der Waals surface area contributed by atoms with Crippen LogP contribution in [0, 0.1) is 6.92 Å². The van der Waals surface area contributed by atoms with Crippen molar-refractivity contribution in [1.82, 2.24) is 20.5 Å². The molecule has 1 aliphatic rings. The molecule has 0 radical (unpaired) electrons. The van der Waals surface area contributed by atoms with Crippen LogP contribution in [0.5, 0.6) is 0 Å². The van der Waals surface area contributed by atoms with Crippen LogP contribution in [0.15, 0.2) is 11.2 Å². The zero-order chi connectivity index (χ0) is 16.5. The van der Waals surface area contributed by atoms with Gasteiger partial charge in [0, 0.05) is 57.5 Å². The molecule has 1 fully saturated rings. The first-order valence-corrected chi connectivity index (χ1v) is 9.12. The van der Waals surface area contributed by atoms with Crippen LogP contribution in [0.3, 0.4) is 0 Å². The number of thiazole rings is 1. The van der Waals surface area contributed by atoms with E-state index in [2.05, 4.69) is 32.4 Å². The van der Waals surface area contributed by atoms with Gasteiger partial charge in [-0.2, -0.15) is 0 Å². The van der Waals surface area contributed by atoms with Gasteiger partial charge in [0.25, 0.3) is 0 Å². The maximum Gasteiger partial charge on any atom is 0.191 e. The first-order chi connectivity index (χ1) is 11.2. The largest absolute Gasteiger partial charge is 0.385 e. The summed E-state index contributed by atoms with van der Waals surface area (Å²) in [5.74, 6) is 0.871. The molecule has 0 bridgehead atoms. The van der Waals surface area contributed by atoms with Crippen molar-refractivity contribution >= 4 is 17.3 Å². The van der Waals surface area contributed by atoms with E-state index in [1.165, 1.54) is 4.88 Å². The van der Waals surface area contributed by atoms with Crippen LogP contribution in [0.1, 0.15) is 29.1 Å². The normalized spacial score (nSPS) is 17.4. The highest BCUT2D eigenvalue weighted by atomic mass is 32.1. The third-order valence-electron chi connectivity index (χ3n) is 4.05. The summed E-state index contributed by atoms with van der Waals surface area (Å²) in [5.41, 5.74) is 0. The van der Waals surface area contributed by atoms with Gasteiger partial charge >= 0.3 is 0 Å². The summed E-state index contributed by atoms with van der Waals surface area (Å²) in [6.45, 7) is 7.08. The van der Waals surface area contributed by atoms with Gasteiger partial charge in [0.1, 0.15) is 5.01 Å².